The van der Waals surface area contributed by atoms with E-state index in [1.165, 1.54) is 6.42 Å². The van der Waals surface area contributed by atoms with Crippen LogP contribution in [-0.2, 0) is 9.59 Å². The first kappa shape index (κ1) is 16.3. The van der Waals surface area contributed by atoms with Crippen LogP contribution in [0.25, 0.3) is 0 Å². The maximum absolute atomic E-state index is 12.3. The van der Waals surface area contributed by atoms with Crippen molar-refractivity contribution in [3.63, 3.8) is 0 Å². The van der Waals surface area contributed by atoms with Crippen LogP contribution in [0.4, 0.5) is 0 Å². The van der Waals surface area contributed by atoms with E-state index in [0.717, 1.165) is 31.2 Å². The van der Waals surface area contributed by atoms with Crippen LogP contribution in [0.5, 0.6) is 5.75 Å². The molecule has 0 saturated heterocycles. The maximum Gasteiger partial charge on any atom is 0.223 e. The summed E-state index contributed by atoms with van der Waals surface area (Å²) in [6, 6.07) is 6.49. The third-order valence-corrected chi connectivity index (χ3v) is 4.18. The fourth-order valence-electron chi connectivity index (χ4n) is 2.91. The Labute approximate surface area is 130 Å². The number of benzene rings is 1. The molecule has 1 fully saturated rings. The van der Waals surface area contributed by atoms with Crippen molar-refractivity contribution >= 4 is 11.9 Å². The summed E-state index contributed by atoms with van der Waals surface area (Å²) in [4.78, 5) is 23.3. The fraction of sp³-hybridized carbons (Fsp3) is 0.529. The van der Waals surface area contributed by atoms with Crippen molar-refractivity contribution in [1.82, 2.24) is 5.32 Å². The average molecular weight is 304 g/mol. The van der Waals surface area contributed by atoms with Crippen LogP contribution in [0.1, 0.15) is 50.1 Å². The second-order valence-corrected chi connectivity index (χ2v) is 5.75. The van der Waals surface area contributed by atoms with E-state index in [9.17, 15) is 14.7 Å². The number of carbonyl (C=O) groups excluding carboxylic acids is 2. The summed E-state index contributed by atoms with van der Waals surface area (Å²) in [6.45, 7) is 0. The molecule has 2 rings (SSSR count). The average Bonchev–Trinajstić information content (AvgIpc) is 2.54. The second kappa shape index (κ2) is 7.82. The Bertz CT molecular complexity index is 506. The van der Waals surface area contributed by atoms with Gasteiger partial charge in [-0.05, 0) is 30.5 Å². The minimum Gasteiger partial charge on any atom is -0.550 e. The predicted octanol–water partition coefficient (Wildman–Crippen LogP) is 1.57. The molecule has 1 saturated carbocycles. The molecule has 0 unspecified atom stereocenters. The molecule has 1 aliphatic carbocycles. The zero-order chi connectivity index (χ0) is 15.9. The summed E-state index contributed by atoms with van der Waals surface area (Å²) >= 11 is 0. The molecule has 1 atom stereocenters. The first-order chi connectivity index (χ1) is 10.6. The molecule has 1 amide bonds. The monoisotopic (exact) mass is 304 g/mol. The highest BCUT2D eigenvalue weighted by molar-refractivity contribution is 5.80. The highest BCUT2D eigenvalue weighted by Crippen LogP contribution is 2.26. The van der Waals surface area contributed by atoms with Gasteiger partial charge in [-0.15, -0.1) is 0 Å². The van der Waals surface area contributed by atoms with Gasteiger partial charge in [0.1, 0.15) is 5.75 Å². The highest BCUT2D eigenvalue weighted by atomic mass is 16.5. The summed E-state index contributed by atoms with van der Waals surface area (Å²) in [7, 11) is 1.57. The number of ether oxygens (including phenoxy) is 1. The number of nitrogens with one attached hydrogen (secondary N) is 1. The summed E-state index contributed by atoms with van der Waals surface area (Å²) in [5.41, 5.74) is 0.745. The van der Waals surface area contributed by atoms with Crippen LogP contribution in [0.3, 0.4) is 0 Å². The Morgan fingerprint density at radius 1 is 1.23 bits per heavy atom. The van der Waals surface area contributed by atoms with Gasteiger partial charge in [-0.3, -0.25) is 4.79 Å². The summed E-state index contributed by atoms with van der Waals surface area (Å²) < 4.78 is 5.09. The standard InChI is InChI=1S/C17H23NO4/c1-22-14-9-7-12(8-10-14)15(11-16(19)20)18-17(21)13-5-3-2-4-6-13/h7-10,13,15H,2-6,11H2,1H3,(H,18,21)(H,19,20)/p-1/t15-/m1/s1. The first-order valence-electron chi connectivity index (χ1n) is 7.74. The lowest BCUT2D eigenvalue weighted by Crippen LogP contribution is -2.38. The molecule has 1 N–H and O–H groups in total. The molecule has 0 radical (unpaired) electrons. The van der Waals surface area contributed by atoms with Crippen LogP contribution in [0.15, 0.2) is 24.3 Å². The van der Waals surface area contributed by atoms with Crippen molar-refractivity contribution < 1.29 is 19.4 Å². The Balaban J connectivity index is 2.07. The Morgan fingerprint density at radius 2 is 1.86 bits per heavy atom. The van der Waals surface area contributed by atoms with E-state index >= 15 is 0 Å². The van der Waals surface area contributed by atoms with Gasteiger partial charge < -0.3 is 20.0 Å². The quantitative estimate of drug-likeness (QED) is 0.865. The molecular formula is C17H22NO4-. The fourth-order valence-corrected chi connectivity index (χ4v) is 2.91. The van der Waals surface area contributed by atoms with Gasteiger partial charge in [-0.25, -0.2) is 0 Å². The number of rotatable bonds is 6. The lowest BCUT2D eigenvalue weighted by molar-refractivity contribution is -0.306. The molecule has 5 nitrogen and oxygen atoms in total. The summed E-state index contributed by atoms with van der Waals surface area (Å²) in [5.74, 6) is -0.544. The second-order valence-electron chi connectivity index (χ2n) is 5.75. The van der Waals surface area contributed by atoms with Gasteiger partial charge in [-0.2, -0.15) is 0 Å². The smallest absolute Gasteiger partial charge is 0.223 e. The Morgan fingerprint density at radius 3 is 2.41 bits per heavy atom. The zero-order valence-corrected chi connectivity index (χ0v) is 12.8. The van der Waals surface area contributed by atoms with Crippen LogP contribution in [-0.4, -0.2) is 19.0 Å². The molecule has 5 heteroatoms. The zero-order valence-electron chi connectivity index (χ0n) is 12.8. The third kappa shape index (κ3) is 4.48. The van der Waals surface area contributed by atoms with Crippen molar-refractivity contribution in [2.75, 3.05) is 7.11 Å². The largest absolute Gasteiger partial charge is 0.550 e. The lowest BCUT2D eigenvalue weighted by atomic mass is 9.88. The Kier molecular flexibility index (Phi) is 5.81. The van der Waals surface area contributed by atoms with Gasteiger partial charge in [-0.1, -0.05) is 31.4 Å². The number of amides is 1. The topological polar surface area (TPSA) is 78.5 Å². The van der Waals surface area contributed by atoms with E-state index in [1.807, 2.05) is 0 Å². The maximum atomic E-state index is 12.3. The van der Waals surface area contributed by atoms with Crippen molar-refractivity contribution in [3.8, 4) is 5.75 Å². The van der Waals surface area contributed by atoms with E-state index in [2.05, 4.69) is 5.32 Å². The van der Waals surface area contributed by atoms with Gasteiger partial charge >= 0.3 is 0 Å². The molecule has 1 aromatic rings. The third-order valence-electron chi connectivity index (χ3n) is 4.18. The summed E-state index contributed by atoms with van der Waals surface area (Å²) in [6.07, 6.45) is 4.83. The molecule has 0 aromatic heterocycles. The van der Waals surface area contributed by atoms with E-state index in [1.54, 1.807) is 31.4 Å². The summed E-state index contributed by atoms with van der Waals surface area (Å²) in [5, 5.41) is 13.8. The van der Waals surface area contributed by atoms with Crippen molar-refractivity contribution in [3.05, 3.63) is 29.8 Å². The molecule has 0 bridgehead atoms. The minimum atomic E-state index is -1.18. The number of hydrogen-bond acceptors (Lipinski definition) is 4. The van der Waals surface area contributed by atoms with Gasteiger partial charge in [0, 0.05) is 18.3 Å². The van der Waals surface area contributed by atoms with Crippen LogP contribution in [0.2, 0.25) is 0 Å². The van der Waals surface area contributed by atoms with E-state index in [-0.39, 0.29) is 18.2 Å². The SMILES string of the molecule is COc1ccc([C@@H](CC(=O)[O-])NC(=O)C2CCCCC2)cc1. The molecule has 1 aliphatic rings. The molecular weight excluding hydrogens is 282 g/mol. The van der Waals surface area contributed by atoms with Crippen LogP contribution < -0.4 is 15.2 Å². The van der Waals surface area contributed by atoms with Crippen molar-refractivity contribution in [1.29, 1.82) is 0 Å². The Hall–Kier alpha value is -2.04. The molecule has 22 heavy (non-hydrogen) atoms. The molecule has 120 valence electrons. The number of carboxylic acid groups (broad SMARTS) is 1. The van der Waals surface area contributed by atoms with Gasteiger partial charge in [0.05, 0.1) is 13.2 Å². The number of hydrogen-bond donors (Lipinski definition) is 1. The lowest BCUT2D eigenvalue weighted by Gasteiger charge is -2.25. The number of methoxy groups -OCH3 is 1. The van der Waals surface area contributed by atoms with Crippen molar-refractivity contribution in [2.45, 2.75) is 44.6 Å². The van der Waals surface area contributed by atoms with Gasteiger partial charge in [0.15, 0.2) is 0 Å². The molecule has 1 aromatic carbocycles. The molecule has 0 heterocycles. The first-order valence-corrected chi connectivity index (χ1v) is 7.74. The van der Waals surface area contributed by atoms with Crippen LogP contribution >= 0.6 is 0 Å². The normalized spacial score (nSPS) is 16.8. The van der Waals surface area contributed by atoms with Gasteiger partial charge in [0.2, 0.25) is 5.91 Å². The molecule has 0 spiro atoms. The number of aliphatic carboxylic acids is 1. The number of carbonyl (C=O) groups is 2. The van der Waals surface area contributed by atoms with E-state index in [4.69, 9.17) is 4.74 Å². The predicted molar refractivity (Wildman–Crippen MR) is 80.1 cm³/mol. The van der Waals surface area contributed by atoms with Gasteiger partial charge in [0.25, 0.3) is 0 Å². The highest BCUT2D eigenvalue weighted by Gasteiger charge is 2.24. The molecule has 0 aliphatic heterocycles. The van der Waals surface area contributed by atoms with Crippen molar-refractivity contribution in [2.24, 2.45) is 5.92 Å². The van der Waals surface area contributed by atoms with E-state index < -0.39 is 12.0 Å². The number of carboxylic acids is 1. The van der Waals surface area contributed by atoms with E-state index in [0.29, 0.717) is 5.75 Å². The minimum absolute atomic E-state index is 0.00347. The van der Waals surface area contributed by atoms with Crippen LogP contribution in [0, 0.1) is 5.92 Å².